The van der Waals surface area contributed by atoms with Gasteiger partial charge in [-0.05, 0) is 13.0 Å². The van der Waals surface area contributed by atoms with E-state index < -0.39 is 12.1 Å². The average Bonchev–Trinajstić information content (AvgIpc) is 3.33. The molecule has 33 heavy (non-hydrogen) atoms. The van der Waals surface area contributed by atoms with Crippen molar-refractivity contribution < 1.29 is 14.3 Å². The summed E-state index contributed by atoms with van der Waals surface area (Å²) < 4.78 is 7.18. The maximum atomic E-state index is 12.4. The van der Waals surface area contributed by atoms with Crippen molar-refractivity contribution in [1.82, 2.24) is 34.9 Å². The van der Waals surface area contributed by atoms with Gasteiger partial charge in [0.15, 0.2) is 16.9 Å². The molecule has 4 aromatic rings. The molecule has 166 valence electrons. The molecule has 0 saturated carbocycles. The molecule has 0 aliphatic carbocycles. The van der Waals surface area contributed by atoms with Crippen LogP contribution in [-0.2, 0) is 11.8 Å². The lowest BCUT2D eigenvalue weighted by Gasteiger charge is -2.36. The Morgan fingerprint density at radius 2 is 2.12 bits per heavy atom. The van der Waals surface area contributed by atoms with Gasteiger partial charge in [0.25, 0.3) is 0 Å². The lowest BCUT2D eigenvalue weighted by Crippen LogP contribution is -2.56. The molecule has 0 bridgehead atoms. The van der Waals surface area contributed by atoms with Crippen LogP contribution in [0.5, 0.6) is 5.75 Å². The minimum Gasteiger partial charge on any atom is -0.406 e. The van der Waals surface area contributed by atoms with Crippen LogP contribution in [-0.4, -0.2) is 60.8 Å². The van der Waals surface area contributed by atoms with Gasteiger partial charge in [0.1, 0.15) is 17.4 Å². The molecular formula is C22H20N8O3. The Kier molecular flexibility index (Phi) is 4.90. The number of H-pyrrole nitrogens is 1. The van der Waals surface area contributed by atoms with Crippen LogP contribution < -0.4 is 10.1 Å². The Bertz CT molecular complexity index is 1430. The molecule has 1 aliphatic heterocycles. The highest BCUT2D eigenvalue weighted by Crippen LogP contribution is 2.29. The van der Waals surface area contributed by atoms with Gasteiger partial charge in [0.2, 0.25) is 5.91 Å². The predicted molar refractivity (Wildman–Crippen MR) is 118 cm³/mol. The molecule has 1 aliphatic rings. The Labute approximate surface area is 188 Å². The normalized spacial score (nSPS) is 14.6. The third kappa shape index (κ3) is 3.61. The quantitative estimate of drug-likeness (QED) is 0.490. The summed E-state index contributed by atoms with van der Waals surface area (Å²) in [6, 6.07) is 9.12. The van der Waals surface area contributed by atoms with Crippen LogP contribution in [0.1, 0.15) is 6.92 Å². The topological polar surface area (TPSA) is 142 Å². The minimum absolute atomic E-state index is 0.150. The highest BCUT2D eigenvalue weighted by molar-refractivity contribution is 5.94. The first-order valence-electron chi connectivity index (χ1n) is 10.4. The van der Waals surface area contributed by atoms with Gasteiger partial charge in [-0.1, -0.05) is 18.2 Å². The van der Waals surface area contributed by atoms with Crippen LogP contribution >= 0.6 is 0 Å². The maximum Gasteiger partial charge on any atom is 0.413 e. The molecule has 5 rings (SSSR count). The molecule has 0 spiro atoms. The zero-order chi connectivity index (χ0) is 23.1. The molecule has 2 amide bonds. The van der Waals surface area contributed by atoms with Crippen LogP contribution in [0, 0.1) is 17.2 Å². The number of ether oxygens (including phenoxy) is 1. The number of aromatic amines is 1. The number of likely N-dealkylation sites (tertiary alicyclic amines) is 1. The van der Waals surface area contributed by atoms with E-state index in [1.165, 1.54) is 11.1 Å². The molecular weight excluding hydrogens is 424 g/mol. The van der Waals surface area contributed by atoms with E-state index in [0.29, 0.717) is 35.6 Å². The molecule has 4 heterocycles. The first kappa shape index (κ1) is 20.4. The van der Waals surface area contributed by atoms with E-state index >= 15 is 0 Å². The number of nitrogens with zero attached hydrogens (tertiary/aromatic N) is 6. The highest BCUT2D eigenvalue weighted by Gasteiger charge is 2.33. The van der Waals surface area contributed by atoms with E-state index in [0.717, 1.165) is 10.9 Å². The first-order chi connectivity index (χ1) is 15.9. The number of carbonyl (C=O) groups excluding carboxylic acids is 2. The predicted octanol–water partition coefficient (Wildman–Crippen LogP) is 1.97. The van der Waals surface area contributed by atoms with E-state index in [1.807, 2.05) is 31.3 Å². The van der Waals surface area contributed by atoms with Gasteiger partial charge < -0.3 is 19.9 Å². The third-order valence-corrected chi connectivity index (χ3v) is 5.63. The van der Waals surface area contributed by atoms with Crippen molar-refractivity contribution in [1.29, 1.82) is 5.26 Å². The second-order valence-corrected chi connectivity index (χ2v) is 7.92. The van der Waals surface area contributed by atoms with Crippen molar-refractivity contribution in [2.24, 2.45) is 13.0 Å². The van der Waals surface area contributed by atoms with Crippen LogP contribution in [0.4, 0.5) is 4.79 Å². The summed E-state index contributed by atoms with van der Waals surface area (Å²) in [5.74, 6) is -0.227. The van der Waals surface area contributed by atoms with Crippen LogP contribution in [0.15, 0.2) is 36.7 Å². The second kappa shape index (κ2) is 7.90. The molecule has 1 fully saturated rings. The largest absolute Gasteiger partial charge is 0.413 e. The standard InChI is InChI=1S/C22H20N8O3/c1-12(21(31)30-10-13(7-23)11-30)26-22(32)33-17-9-25-20-19(17)27-15(8-24-20)18-14-5-3-4-6-16(14)29(2)28-18/h3-6,8-9,12-13H,10-11H2,1-2H3,(H,24,25)(H,26,32)/t12-/m1/s1. The summed E-state index contributed by atoms with van der Waals surface area (Å²) in [7, 11) is 1.86. The summed E-state index contributed by atoms with van der Waals surface area (Å²) in [5, 5.41) is 16.9. The number of benzene rings is 1. The van der Waals surface area contributed by atoms with Gasteiger partial charge in [0.05, 0.1) is 23.7 Å². The van der Waals surface area contributed by atoms with Gasteiger partial charge in [-0.25, -0.2) is 14.8 Å². The highest BCUT2D eigenvalue weighted by atomic mass is 16.6. The molecule has 0 radical (unpaired) electrons. The molecule has 1 saturated heterocycles. The molecule has 2 N–H and O–H groups in total. The van der Waals surface area contributed by atoms with Crippen molar-refractivity contribution >= 4 is 34.1 Å². The lowest BCUT2D eigenvalue weighted by atomic mass is 10.0. The van der Waals surface area contributed by atoms with E-state index in [1.54, 1.807) is 17.8 Å². The number of fused-ring (bicyclic) bond motifs is 2. The van der Waals surface area contributed by atoms with E-state index in [2.05, 4.69) is 31.4 Å². The zero-order valence-corrected chi connectivity index (χ0v) is 17.9. The summed E-state index contributed by atoms with van der Waals surface area (Å²) in [6.45, 7) is 2.32. The summed E-state index contributed by atoms with van der Waals surface area (Å²) in [6.07, 6.45) is 2.31. The molecule has 1 atom stereocenters. The van der Waals surface area contributed by atoms with Crippen molar-refractivity contribution in [3.05, 3.63) is 36.7 Å². The summed E-state index contributed by atoms with van der Waals surface area (Å²) >= 11 is 0. The minimum atomic E-state index is -0.788. The van der Waals surface area contributed by atoms with Crippen molar-refractivity contribution in [3.8, 4) is 23.2 Å². The van der Waals surface area contributed by atoms with Crippen molar-refractivity contribution in [3.63, 3.8) is 0 Å². The van der Waals surface area contributed by atoms with Crippen LogP contribution in [0.2, 0.25) is 0 Å². The number of nitriles is 1. The number of nitrogens with one attached hydrogen (secondary N) is 2. The van der Waals surface area contributed by atoms with Crippen LogP contribution in [0.25, 0.3) is 33.5 Å². The number of hydrogen-bond acceptors (Lipinski definition) is 7. The number of para-hydroxylation sites is 1. The fourth-order valence-corrected chi connectivity index (χ4v) is 3.85. The van der Waals surface area contributed by atoms with E-state index in [-0.39, 0.29) is 17.6 Å². The Balaban J connectivity index is 1.34. The summed E-state index contributed by atoms with van der Waals surface area (Å²) in [4.78, 5) is 38.2. The van der Waals surface area contributed by atoms with Gasteiger partial charge in [-0.2, -0.15) is 10.4 Å². The number of aryl methyl sites for hydroxylation is 1. The number of amides is 2. The Hall–Kier alpha value is -4.46. The van der Waals surface area contributed by atoms with Crippen LogP contribution in [0.3, 0.4) is 0 Å². The van der Waals surface area contributed by atoms with Gasteiger partial charge in [0, 0.05) is 31.7 Å². The van der Waals surface area contributed by atoms with Gasteiger partial charge in [-0.15, -0.1) is 0 Å². The number of carbonyl (C=O) groups is 2. The maximum absolute atomic E-state index is 12.4. The zero-order valence-electron chi connectivity index (χ0n) is 17.9. The van der Waals surface area contributed by atoms with E-state index in [9.17, 15) is 9.59 Å². The first-order valence-corrected chi connectivity index (χ1v) is 10.4. The van der Waals surface area contributed by atoms with E-state index in [4.69, 9.17) is 10.00 Å². The molecule has 11 nitrogen and oxygen atoms in total. The van der Waals surface area contributed by atoms with Gasteiger partial charge >= 0.3 is 6.09 Å². The van der Waals surface area contributed by atoms with Gasteiger partial charge in [-0.3, -0.25) is 9.48 Å². The lowest BCUT2D eigenvalue weighted by molar-refractivity contribution is -0.137. The Morgan fingerprint density at radius 1 is 1.33 bits per heavy atom. The fourth-order valence-electron chi connectivity index (χ4n) is 3.85. The molecule has 0 unspecified atom stereocenters. The molecule has 3 aromatic heterocycles. The molecule has 1 aromatic carbocycles. The van der Waals surface area contributed by atoms with Crippen molar-refractivity contribution in [2.75, 3.05) is 13.1 Å². The fraction of sp³-hybridized carbons (Fsp3) is 0.273. The number of rotatable bonds is 4. The SMILES string of the molecule is C[C@@H](NC(=O)Oc1c[nH]c2ncc(-c3nn(C)c4ccccc34)nc12)C(=O)N1CC(C#N)C1. The second-order valence-electron chi connectivity index (χ2n) is 7.92. The average molecular weight is 444 g/mol. The molecule has 11 heteroatoms. The Morgan fingerprint density at radius 3 is 2.91 bits per heavy atom. The third-order valence-electron chi connectivity index (χ3n) is 5.63. The number of aromatic nitrogens is 5. The van der Waals surface area contributed by atoms with Crippen molar-refractivity contribution in [2.45, 2.75) is 13.0 Å². The summed E-state index contributed by atoms with van der Waals surface area (Å²) in [5.41, 5.74) is 2.99. The number of hydrogen-bond donors (Lipinski definition) is 2. The smallest absolute Gasteiger partial charge is 0.406 e. The monoisotopic (exact) mass is 444 g/mol.